The number of nitrogens with zero attached hydrogens (tertiary/aromatic N) is 1. The first-order valence-corrected chi connectivity index (χ1v) is 11.5. The number of carbonyl (C=O) groups excluding carboxylic acids is 1. The summed E-state index contributed by atoms with van der Waals surface area (Å²) in [6.07, 6.45) is 4.48. The molecule has 1 saturated carbocycles. The van der Waals surface area contributed by atoms with Crippen molar-refractivity contribution in [1.29, 1.82) is 0 Å². The number of phenols is 1. The first kappa shape index (κ1) is 22.6. The first-order chi connectivity index (χ1) is 15.3. The number of fused-ring (bicyclic) bond motifs is 1. The largest absolute Gasteiger partial charge is 0.504 e. The minimum atomic E-state index is -0.714. The van der Waals surface area contributed by atoms with Gasteiger partial charge in [-0.3, -0.25) is 9.69 Å². The van der Waals surface area contributed by atoms with Gasteiger partial charge in [-0.15, -0.1) is 0 Å². The molecule has 1 aliphatic heterocycles. The Hall–Kier alpha value is -2.57. The Labute approximate surface area is 190 Å². The number of phenolic OH excluding ortho intramolecular Hbond substituents is 1. The van der Waals surface area contributed by atoms with E-state index in [2.05, 4.69) is 16.3 Å². The number of hydrogen-bond donors (Lipinski definition) is 3. The van der Waals surface area contributed by atoms with Crippen molar-refractivity contribution in [1.82, 2.24) is 4.90 Å². The number of piperidine rings is 1. The van der Waals surface area contributed by atoms with Gasteiger partial charge >= 0.3 is 0 Å². The van der Waals surface area contributed by atoms with Gasteiger partial charge in [-0.25, -0.2) is 0 Å². The van der Waals surface area contributed by atoms with Crippen LogP contribution in [0.25, 0.3) is 0 Å². The number of anilines is 1. The zero-order valence-corrected chi connectivity index (χ0v) is 19.2. The fourth-order valence-electron chi connectivity index (χ4n) is 5.57. The normalized spacial score (nSPS) is 25.8. The molecule has 6 nitrogen and oxygen atoms in total. The number of aryl methyl sites for hydroxylation is 2. The molecular formula is C26H34N2O4. The number of carbonyl (C=O) groups is 1. The van der Waals surface area contributed by atoms with E-state index in [4.69, 9.17) is 4.74 Å². The molecule has 3 atom stereocenters. The lowest BCUT2D eigenvalue weighted by molar-refractivity contribution is -0.135. The van der Waals surface area contributed by atoms with E-state index in [1.807, 2.05) is 38.1 Å². The van der Waals surface area contributed by atoms with E-state index in [9.17, 15) is 15.0 Å². The Bertz CT molecular complexity index is 992. The highest BCUT2D eigenvalue weighted by molar-refractivity contribution is 5.93. The van der Waals surface area contributed by atoms with Gasteiger partial charge in [0, 0.05) is 24.2 Å². The van der Waals surface area contributed by atoms with Crippen molar-refractivity contribution in [2.45, 2.75) is 57.6 Å². The maximum Gasteiger partial charge on any atom is 0.238 e. The molecule has 2 aromatic rings. The molecule has 172 valence electrons. The number of aliphatic hydroxyl groups is 1. The molecule has 1 saturated heterocycles. The monoisotopic (exact) mass is 438 g/mol. The van der Waals surface area contributed by atoms with Crippen molar-refractivity contribution in [2.75, 3.05) is 25.5 Å². The number of benzene rings is 2. The zero-order valence-electron chi connectivity index (χ0n) is 19.2. The van der Waals surface area contributed by atoms with Crippen LogP contribution in [-0.4, -0.2) is 46.8 Å². The van der Waals surface area contributed by atoms with Crippen molar-refractivity contribution in [3.05, 3.63) is 53.1 Å². The molecule has 0 spiro atoms. The highest BCUT2D eigenvalue weighted by Crippen LogP contribution is 2.50. The average Bonchev–Trinajstić information content (AvgIpc) is 2.76. The van der Waals surface area contributed by atoms with Crippen molar-refractivity contribution < 1.29 is 19.7 Å². The summed E-state index contributed by atoms with van der Waals surface area (Å²) in [5.41, 5.74) is 3.28. The molecule has 32 heavy (non-hydrogen) atoms. The maximum absolute atomic E-state index is 13.0. The van der Waals surface area contributed by atoms with Crippen LogP contribution in [0.4, 0.5) is 5.69 Å². The van der Waals surface area contributed by atoms with E-state index in [1.54, 1.807) is 6.07 Å². The molecule has 0 radical (unpaired) electrons. The van der Waals surface area contributed by atoms with Gasteiger partial charge in [0.2, 0.25) is 5.91 Å². The van der Waals surface area contributed by atoms with Crippen LogP contribution in [0.15, 0.2) is 36.4 Å². The summed E-state index contributed by atoms with van der Waals surface area (Å²) >= 11 is 0. The van der Waals surface area contributed by atoms with Crippen molar-refractivity contribution >= 4 is 11.6 Å². The van der Waals surface area contributed by atoms with Crippen molar-refractivity contribution in [3.63, 3.8) is 0 Å². The summed E-state index contributed by atoms with van der Waals surface area (Å²) in [6, 6.07) is 11.3. The standard InChI is InChI=1S/C26H34N2O4/c1-17-7-9-21(18(2)14-17)27-24(30)16-28-13-12-26(31)11-5-4-6-20(26)25(28)19-8-10-22(29)23(15-19)32-3/h7-10,14-15,20,25,29,31H,4-6,11-13,16H2,1-3H3,(H,27,30)/t20-,25+,26-/m0/s1. The molecule has 2 fully saturated rings. The zero-order chi connectivity index (χ0) is 22.9. The Morgan fingerprint density at radius 2 is 2.00 bits per heavy atom. The second kappa shape index (κ2) is 9.12. The predicted molar refractivity (Wildman–Crippen MR) is 125 cm³/mol. The quantitative estimate of drug-likeness (QED) is 0.648. The predicted octanol–water partition coefficient (Wildman–Crippen LogP) is 4.32. The number of methoxy groups -OCH3 is 1. The fourth-order valence-corrected chi connectivity index (χ4v) is 5.57. The van der Waals surface area contributed by atoms with Crippen molar-refractivity contribution in [3.8, 4) is 11.5 Å². The molecule has 2 aliphatic rings. The molecule has 1 amide bonds. The molecule has 1 aliphatic carbocycles. The van der Waals surface area contributed by atoms with Crippen LogP contribution in [0.5, 0.6) is 11.5 Å². The number of amides is 1. The van der Waals surface area contributed by atoms with Gasteiger partial charge in [0.25, 0.3) is 0 Å². The molecule has 4 rings (SSSR count). The summed E-state index contributed by atoms with van der Waals surface area (Å²) in [6.45, 7) is 4.92. The number of aromatic hydroxyl groups is 1. The Kier molecular flexibility index (Phi) is 6.45. The van der Waals surface area contributed by atoms with E-state index in [1.165, 1.54) is 7.11 Å². The first-order valence-electron chi connectivity index (χ1n) is 11.5. The third-order valence-electron chi connectivity index (χ3n) is 7.22. The minimum absolute atomic E-state index is 0.0353. The lowest BCUT2D eigenvalue weighted by Crippen LogP contribution is -2.56. The second-order valence-electron chi connectivity index (χ2n) is 9.42. The van der Waals surface area contributed by atoms with Gasteiger partial charge in [-0.1, -0.05) is 36.6 Å². The highest BCUT2D eigenvalue weighted by atomic mass is 16.5. The third-order valence-corrected chi connectivity index (χ3v) is 7.22. The molecule has 0 bridgehead atoms. The number of hydrogen-bond acceptors (Lipinski definition) is 5. The topological polar surface area (TPSA) is 82.0 Å². The van der Waals surface area contributed by atoms with Gasteiger partial charge in [-0.2, -0.15) is 0 Å². The van der Waals surface area contributed by atoms with Crippen LogP contribution in [0, 0.1) is 19.8 Å². The van der Waals surface area contributed by atoms with Gasteiger partial charge < -0.3 is 20.3 Å². The SMILES string of the molecule is COc1cc([C@@H]2[C@@H]3CCCC[C@]3(O)CCN2CC(=O)Nc2ccc(C)cc2C)ccc1O. The van der Waals surface area contributed by atoms with Crippen LogP contribution in [0.3, 0.4) is 0 Å². The molecule has 2 aromatic carbocycles. The van der Waals surface area contributed by atoms with Crippen LogP contribution >= 0.6 is 0 Å². The van der Waals surface area contributed by atoms with Gasteiger partial charge in [-0.05, 0) is 62.4 Å². The molecule has 6 heteroatoms. The summed E-state index contributed by atoms with van der Waals surface area (Å²) in [5, 5.41) is 24.6. The lowest BCUT2D eigenvalue weighted by Gasteiger charge is -2.52. The fraction of sp³-hybridized carbons (Fsp3) is 0.500. The van der Waals surface area contributed by atoms with E-state index in [0.29, 0.717) is 18.7 Å². The van der Waals surface area contributed by atoms with Gasteiger partial charge in [0.05, 0.1) is 19.3 Å². The smallest absolute Gasteiger partial charge is 0.238 e. The van der Waals surface area contributed by atoms with Crippen LogP contribution in [0.1, 0.15) is 54.8 Å². The van der Waals surface area contributed by atoms with Crippen LogP contribution in [0.2, 0.25) is 0 Å². The summed E-state index contributed by atoms with van der Waals surface area (Å²) in [5.74, 6) is 0.472. The third kappa shape index (κ3) is 4.48. The summed E-state index contributed by atoms with van der Waals surface area (Å²) in [7, 11) is 1.53. The molecule has 1 heterocycles. The van der Waals surface area contributed by atoms with Crippen LogP contribution in [-0.2, 0) is 4.79 Å². The minimum Gasteiger partial charge on any atom is -0.504 e. The van der Waals surface area contributed by atoms with Crippen molar-refractivity contribution in [2.24, 2.45) is 5.92 Å². The van der Waals surface area contributed by atoms with Gasteiger partial charge in [0.1, 0.15) is 0 Å². The maximum atomic E-state index is 13.0. The lowest BCUT2D eigenvalue weighted by atomic mass is 9.66. The molecule has 3 N–H and O–H groups in total. The molecular weight excluding hydrogens is 404 g/mol. The van der Waals surface area contributed by atoms with E-state index in [-0.39, 0.29) is 30.2 Å². The number of rotatable bonds is 5. The molecule has 0 aromatic heterocycles. The van der Waals surface area contributed by atoms with E-state index < -0.39 is 5.60 Å². The number of likely N-dealkylation sites (tertiary alicyclic amines) is 1. The van der Waals surface area contributed by atoms with Gasteiger partial charge in [0.15, 0.2) is 11.5 Å². The Morgan fingerprint density at radius 1 is 1.19 bits per heavy atom. The second-order valence-corrected chi connectivity index (χ2v) is 9.42. The molecule has 0 unspecified atom stereocenters. The van der Waals surface area contributed by atoms with E-state index in [0.717, 1.165) is 48.1 Å². The number of ether oxygens (including phenoxy) is 1. The van der Waals surface area contributed by atoms with E-state index >= 15 is 0 Å². The summed E-state index contributed by atoms with van der Waals surface area (Å²) < 4.78 is 5.35. The Morgan fingerprint density at radius 3 is 2.75 bits per heavy atom. The Balaban J connectivity index is 1.61. The van der Waals surface area contributed by atoms with Crippen LogP contribution < -0.4 is 10.1 Å². The average molecular weight is 439 g/mol. The number of nitrogens with one attached hydrogen (secondary N) is 1. The highest BCUT2D eigenvalue weighted by Gasteiger charge is 2.49. The summed E-state index contributed by atoms with van der Waals surface area (Å²) in [4.78, 5) is 15.2.